The fourth-order valence-corrected chi connectivity index (χ4v) is 2.28. The van der Waals surface area contributed by atoms with E-state index in [0.717, 1.165) is 24.0 Å². The van der Waals surface area contributed by atoms with Gasteiger partial charge in [0.15, 0.2) is 0 Å². The molecule has 0 unspecified atom stereocenters. The number of carbonyl (C=O) groups is 1. The van der Waals surface area contributed by atoms with Crippen molar-refractivity contribution >= 4 is 5.91 Å². The zero-order valence-electron chi connectivity index (χ0n) is 13.2. The first kappa shape index (κ1) is 16.5. The van der Waals surface area contributed by atoms with Gasteiger partial charge in [-0.15, -0.1) is 0 Å². The Labute approximate surface area is 121 Å². The van der Waals surface area contributed by atoms with Gasteiger partial charge in [-0.25, -0.2) is 0 Å². The Morgan fingerprint density at radius 2 is 1.85 bits per heavy atom. The van der Waals surface area contributed by atoms with Gasteiger partial charge in [0.25, 0.3) is 5.91 Å². The molecule has 1 atom stereocenters. The minimum absolute atomic E-state index is 0.0841. The maximum atomic E-state index is 12.2. The average Bonchev–Trinajstić information content (AvgIpc) is 2.39. The number of hydrogen-bond acceptors (Lipinski definition) is 3. The van der Waals surface area contributed by atoms with Crippen LogP contribution in [0.2, 0.25) is 0 Å². The van der Waals surface area contributed by atoms with Crippen molar-refractivity contribution in [2.45, 2.75) is 39.7 Å². The molecule has 0 radical (unpaired) electrons. The molecule has 0 heterocycles. The van der Waals surface area contributed by atoms with Crippen LogP contribution in [-0.4, -0.2) is 42.6 Å². The number of aromatic hydroxyl groups is 1. The van der Waals surface area contributed by atoms with Crippen LogP contribution in [0.25, 0.3) is 0 Å². The Morgan fingerprint density at radius 3 is 2.30 bits per heavy atom. The first-order valence-corrected chi connectivity index (χ1v) is 7.11. The highest BCUT2D eigenvalue weighted by atomic mass is 16.3. The molecule has 0 fully saturated rings. The van der Waals surface area contributed by atoms with Crippen molar-refractivity contribution in [3.63, 3.8) is 0 Å². The normalized spacial score (nSPS) is 12.5. The van der Waals surface area contributed by atoms with E-state index >= 15 is 0 Å². The van der Waals surface area contributed by atoms with E-state index in [2.05, 4.69) is 17.1 Å². The summed E-state index contributed by atoms with van der Waals surface area (Å²) in [5.74, 6) is 0.179. The fourth-order valence-electron chi connectivity index (χ4n) is 2.28. The molecule has 1 aromatic carbocycles. The van der Waals surface area contributed by atoms with Crippen molar-refractivity contribution in [3.05, 3.63) is 28.8 Å². The van der Waals surface area contributed by atoms with E-state index in [4.69, 9.17) is 0 Å². The lowest BCUT2D eigenvalue weighted by atomic mass is 10.0. The molecule has 2 N–H and O–H groups in total. The molecule has 4 nitrogen and oxygen atoms in total. The van der Waals surface area contributed by atoms with Crippen molar-refractivity contribution in [3.8, 4) is 5.75 Å². The first-order valence-electron chi connectivity index (χ1n) is 7.11. The van der Waals surface area contributed by atoms with Crippen LogP contribution in [0.15, 0.2) is 12.1 Å². The predicted molar refractivity (Wildman–Crippen MR) is 82.3 cm³/mol. The SMILES string of the molecule is CCC[C@@H](CNC(=O)c1cc(C)c(O)c(C)c1)N(C)C. The maximum Gasteiger partial charge on any atom is 0.251 e. The zero-order valence-corrected chi connectivity index (χ0v) is 13.2. The van der Waals surface area contributed by atoms with E-state index < -0.39 is 0 Å². The molecule has 0 aromatic heterocycles. The van der Waals surface area contributed by atoms with E-state index in [9.17, 15) is 9.90 Å². The van der Waals surface area contributed by atoms with Gasteiger partial charge in [-0.2, -0.15) is 0 Å². The number of phenolic OH excluding ortho intramolecular Hbond substituents is 1. The highest BCUT2D eigenvalue weighted by Crippen LogP contribution is 2.22. The highest BCUT2D eigenvalue weighted by Gasteiger charge is 2.14. The van der Waals surface area contributed by atoms with Gasteiger partial charge in [-0.3, -0.25) is 4.79 Å². The van der Waals surface area contributed by atoms with Gasteiger partial charge in [0, 0.05) is 18.2 Å². The summed E-state index contributed by atoms with van der Waals surface area (Å²) in [6.45, 7) is 6.39. The number of likely N-dealkylation sites (N-methyl/N-ethyl adjacent to an activating group) is 1. The van der Waals surface area contributed by atoms with Crippen LogP contribution in [0.3, 0.4) is 0 Å². The molecular formula is C16H26N2O2. The number of nitrogens with zero attached hydrogens (tertiary/aromatic N) is 1. The largest absolute Gasteiger partial charge is 0.507 e. The van der Waals surface area contributed by atoms with Gasteiger partial charge >= 0.3 is 0 Å². The third kappa shape index (κ3) is 4.23. The standard InChI is InChI=1S/C16H26N2O2/c1-6-7-14(18(4)5)10-17-16(20)13-8-11(2)15(19)12(3)9-13/h8-9,14,19H,6-7,10H2,1-5H3,(H,17,20)/t14-/m0/s1. The summed E-state index contributed by atoms with van der Waals surface area (Å²) in [6, 6.07) is 3.80. The molecule has 0 spiro atoms. The number of aryl methyl sites for hydroxylation is 2. The van der Waals surface area contributed by atoms with Crippen molar-refractivity contribution in [2.75, 3.05) is 20.6 Å². The minimum atomic E-state index is -0.0841. The molecule has 0 aliphatic heterocycles. The van der Waals surface area contributed by atoms with Crippen LogP contribution in [-0.2, 0) is 0 Å². The Hall–Kier alpha value is -1.55. The van der Waals surface area contributed by atoms with Gasteiger partial charge in [-0.1, -0.05) is 13.3 Å². The Kier molecular flexibility index (Phi) is 6.02. The second-order valence-corrected chi connectivity index (χ2v) is 5.57. The second-order valence-electron chi connectivity index (χ2n) is 5.57. The molecule has 112 valence electrons. The lowest BCUT2D eigenvalue weighted by Gasteiger charge is -2.24. The summed E-state index contributed by atoms with van der Waals surface area (Å²) >= 11 is 0. The van der Waals surface area contributed by atoms with Crippen LogP contribution >= 0.6 is 0 Å². The number of nitrogens with one attached hydrogen (secondary N) is 1. The smallest absolute Gasteiger partial charge is 0.251 e. The van der Waals surface area contributed by atoms with E-state index in [0.29, 0.717) is 18.2 Å². The highest BCUT2D eigenvalue weighted by molar-refractivity contribution is 5.94. The quantitative estimate of drug-likeness (QED) is 0.840. The van der Waals surface area contributed by atoms with E-state index in [1.807, 2.05) is 14.1 Å². The van der Waals surface area contributed by atoms with Crippen molar-refractivity contribution in [1.29, 1.82) is 0 Å². The maximum absolute atomic E-state index is 12.2. The monoisotopic (exact) mass is 278 g/mol. The van der Waals surface area contributed by atoms with Gasteiger partial charge in [0.2, 0.25) is 0 Å². The predicted octanol–water partition coefficient (Wildman–Crippen LogP) is 2.47. The third-order valence-corrected chi connectivity index (χ3v) is 3.60. The number of hydrogen-bond donors (Lipinski definition) is 2. The van der Waals surface area contributed by atoms with Crippen LogP contribution in [0, 0.1) is 13.8 Å². The summed E-state index contributed by atoms with van der Waals surface area (Å²) in [4.78, 5) is 14.3. The molecule has 20 heavy (non-hydrogen) atoms. The Balaban J connectivity index is 2.72. The molecule has 0 bridgehead atoms. The van der Waals surface area contributed by atoms with Crippen LogP contribution in [0.1, 0.15) is 41.3 Å². The van der Waals surface area contributed by atoms with Crippen molar-refractivity contribution < 1.29 is 9.90 Å². The van der Waals surface area contributed by atoms with Gasteiger partial charge < -0.3 is 15.3 Å². The number of carbonyl (C=O) groups excluding carboxylic acids is 1. The molecule has 1 rings (SSSR count). The summed E-state index contributed by atoms with van der Waals surface area (Å²) in [7, 11) is 4.06. The van der Waals surface area contributed by atoms with Crippen molar-refractivity contribution in [2.24, 2.45) is 0 Å². The first-order chi connectivity index (χ1) is 9.36. The molecule has 0 aliphatic carbocycles. The van der Waals surface area contributed by atoms with Gasteiger partial charge in [0.1, 0.15) is 5.75 Å². The molecule has 4 heteroatoms. The van der Waals surface area contributed by atoms with Gasteiger partial charge in [0.05, 0.1) is 0 Å². The van der Waals surface area contributed by atoms with Crippen molar-refractivity contribution in [1.82, 2.24) is 10.2 Å². The summed E-state index contributed by atoms with van der Waals surface area (Å²) < 4.78 is 0. The lowest BCUT2D eigenvalue weighted by molar-refractivity contribution is 0.0940. The summed E-state index contributed by atoms with van der Waals surface area (Å²) in [5.41, 5.74) is 2.06. The minimum Gasteiger partial charge on any atom is -0.507 e. The fraction of sp³-hybridized carbons (Fsp3) is 0.562. The van der Waals surface area contributed by atoms with Gasteiger partial charge in [-0.05, 0) is 57.6 Å². The Bertz CT molecular complexity index is 447. The molecule has 0 aliphatic rings. The molecule has 1 amide bonds. The number of rotatable bonds is 6. The van der Waals surface area contributed by atoms with E-state index in [-0.39, 0.29) is 11.7 Å². The molecule has 0 saturated carbocycles. The second kappa shape index (κ2) is 7.29. The number of phenols is 1. The topological polar surface area (TPSA) is 52.6 Å². The lowest BCUT2D eigenvalue weighted by Crippen LogP contribution is -2.40. The Morgan fingerprint density at radius 1 is 1.30 bits per heavy atom. The number of amides is 1. The number of benzene rings is 1. The van der Waals surface area contributed by atoms with Crippen LogP contribution < -0.4 is 5.32 Å². The third-order valence-electron chi connectivity index (χ3n) is 3.60. The van der Waals surface area contributed by atoms with Crippen LogP contribution in [0.4, 0.5) is 0 Å². The van der Waals surface area contributed by atoms with E-state index in [1.165, 1.54) is 0 Å². The average molecular weight is 278 g/mol. The molecular weight excluding hydrogens is 252 g/mol. The van der Waals surface area contributed by atoms with E-state index in [1.54, 1.807) is 26.0 Å². The molecule has 0 saturated heterocycles. The zero-order chi connectivity index (χ0) is 15.3. The summed E-state index contributed by atoms with van der Waals surface area (Å²) in [5, 5.41) is 12.7. The molecule has 1 aromatic rings. The van der Waals surface area contributed by atoms with Crippen LogP contribution in [0.5, 0.6) is 5.75 Å². The summed E-state index contributed by atoms with van der Waals surface area (Å²) in [6.07, 6.45) is 2.15.